The summed E-state index contributed by atoms with van der Waals surface area (Å²) < 4.78 is 13.1. The number of nitrogens with one attached hydrogen (secondary N) is 1. The molecule has 0 aromatic heterocycles. The van der Waals surface area contributed by atoms with Crippen molar-refractivity contribution in [1.82, 2.24) is 4.90 Å². The number of carbonyl (C=O) groups excluding carboxylic acids is 2. The van der Waals surface area contributed by atoms with Crippen LogP contribution in [0.4, 0.5) is 10.1 Å². The van der Waals surface area contributed by atoms with Gasteiger partial charge in [-0.3, -0.25) is 9.59 Å². The van der Waals surface area contributed by atoms with Crippen LogP contribution in [-0.2, 0) is 15.3 Å². The van der Waals surface area contributed by atoms with Crippen LogP contribution in [0.3, 0.4) is 0 Å². The van der Waals surface area contributed by atoms with Gasteiger partial charge in [-0.1, -0.05) is 35.9 Å². The van der Waals surface area contributed by atoms with Crippen LogP contribution < -0.4 is 5.32 Å². The molecule has 0 fully saturated rings. The van der Waals surface area contributed by atoms with E-state index in [1.807, 2.05) is 24.3 Å². The number of thioether (sulfide) groups is 1. The summed E-state index contributed by atoms with van der Waals surface area (Å²) in [5.41, 5.74) is 1.33. The SMILES string of the molecule is CN(CC(=O)Nc1cccc(F)c1)C(=O)CSCc1ccccc1Cl. The van der Waals surface area contributed by atoms with Gasteiger partial charge in [0.2, 0.25) is 11.8 Å². The van der Waals surface area contributed by atoms with E-state index in [2.05, 4.69) is 5.32 Å². The Bertz CT molecular complexity index is 757. The van der Waals surface area contributed by atoms with E-state index in [-0.39, 0.29) is 24.1 Å². The fourth-order valence-corrected chi connectivity index (χ4v) is 3.29. The molecule has 25 heavy (non-hydrogen) atoms. The zero-order valence-electron chi connectivity index (χ0n) is 13.7. The van der Waals surface area contributed by atoms with Gasteiger partial charge in [-0.05, 0) is 29.8 Å². The van der Waals surface area contributed by atoms with Gasteiger partial charge in [-0.2, -0.15) is 0 Å². The third-order valence-corrected chi connectivity index (χ3v) is 4.69. The largest absolute Gasteiger partial charge is 0.336 e. The van der Waals surface area contributed by atoms with E-state index in [0.717, 1.165) is 5.56 Å². The molecule has 0 radical (unpaired) electrons. The molecule has 1 N–H and O–H groups in total. The van der Waals surface area contributed by atoms with Gasteiger partial charge in [0, 0.05) is 23.5 Å². The van der Waals surface area contributed by atoms with Crippen molar-refractivity contribution in [2.45, 2.75) is 5.75 Å². The molecule has 0 saturated heterocycles. The molecule has 0 saturated carbocycles. The van der Waals surface area contributed by atoms with E-state index < -0.39 is 5.82 Å². The standard InChI is InChI=1S/C18H18ClFN2O2S/c1-22(10-17(23)21-15-7-4-6-14(20)9-15)18(24)12-25-11-13-5-2-3-8-16(13)19/h2-9H,10-12H2,1H3,(H,21,23). The molecule has 2 rings (SSSR count). The lowest BCUT2D eigenvalue weighted by Crippen LogP contribution is -2.36. The van der Waals surface area contributed by atoms with E-state index in [0.29, 0.717) is 16.5 Å². The quantitative estimate of drug-likeness (QED) is 0.794. The zero-order valence-corrected chi connectivity index (χ0v) is 15.2. The van der Waals surface area contributed by atoms with Crippen molar-refractivity contribution in [3.8, 4) is 0 Å². The van der Waals surface area contributed by atoms with Crippen LogP contribution >= 0.6 is 23.4 Å². The van der Waals surface area contributed by atoms with Gasteiger partial charge in [0.1, 0.15) is 5.82 Å². The minimum atomic E-state index is -0.432. The highest BCUT2D eigenvalue weighted by Gasteiger charge is 2.13. The monoisotopic (exact) mass is 380 g/mol. The Morgan fingerprint density at radius 2 is 1.96 bits per heavy atom. The van der Waals surface area contributed by atoms with Crippen molar-refractivity contribution < 1.29 is 14.0 Å². The molecule has 0 aliphatic rings. The van der Waals surface area contributed by atoms with E-state index in [1.54, 1.807) is 13.1 Å². The van der Waals surface area contributed by atoms with Crippen molar-refractivity contribution in [1.29, 1.82) is 0 Å². The predicted molar refractivity (Wildman–Crippen MR) is 100 cm³/mol. The van der Waals surface area contributed by atoms with Crippen molar-refractivity contribution in [2.24, 2.45) is 0 Å². The average Bonchev–Trinajstić information content (AvgIpc) is 2.56. The molecule has 2 amide bonds. The maximum absolute atomic E-state index is 13.1. The molecule has 2 aromatic rings. The number of hydrogen-bond donors (Lipinski definition) is 1. The Morgan fingerprint density at radius 3 is 2.68 bits per heavy atom. The summed E-state index contributed by atoms with van der Waals surface area (Å²) in [6.07, 6.45) is 0. The van der Waals surface area contributed by atoms with Crippen molar-refractivity contribution in [2.75, 3.05) is 24.7 Å². The Kier molecular flexibility index (Phi) is 7.28. The second-order valence-electron chi connectivity index (χ2n) is 5.39. The molecule has 132 valence electrons. The van der Waals surface area contributed by atoms with Crippen LogP contribution in [0, 0.1) is 5.82 Å². The summed E-state index contributed by atoms with van der Waals surface area (Å²) in [6, 6.07) is 13.1. The molecule has 0 bridgehead atoms. The van der Waals surface area contributed by atoms with Gasteiger partial charge in [0.15, 0.2) is 0 Å². The van der Waals surface area contributed by atoms with E-state index in [9.17, 15) is 14.0 Å². The van der Waals surface area contributed by atoms with E-state index in [4.69, 9.17) is 11.6 Å². The number of halogens is 2. The number of nitrogens with zero attached hydrogens (tertiary/aromatic N) is 1. The summed E-state index contributed by atoms with van der Waals surface area (Å²) in [5.74, 6) is -0.105. The highest BCUT2D eigenvalue weighted by atomic mass is 35.5. The number of anilines is 1. The van der Waals surface area contributed by atoms with Crippen LogP contribution in [0.25, 0.3) is 0 Å². The summed E-state index contributed by atoms with van der Waals surface area (Å²) in [4.78, 5) is 25.4. The first-order valence-corrected chi connectivity index (χ1v) is 9.09. The number of carbonyl (C=O) groups is 2. The van der Waals surface area contributed by atoms with Crippen LogP contribution in [0.5, 0.6) is 0 Å². The molecule has 2 aromatic carbocycles. The number of rotatable bonds is 7. The second-order valence-corrected chi connectivity index (χ2v) is 6.79. The third-order valence-electron chi connectivity index (χ3n) is 3.36. The predicted octanol–water partition coefficient (Wildman–Crippen LogP) is 3.81. The van der Waals surface area contributed by atoms with Crippen molar-refractivity contribution >= 4 is 40.9 Å². The van der Waals surface area contributed by atoms with E-state index >= 15 is 0 Å². The Labute approximate surface area is 155 Å². The Balaban J connectivity index is 1.76. The number of hydrogen-bond acceptors (Lipinski definition) is 3. The topological polar surface area (TPSA) is 49.4 Å². The zero-order chi connectivity index (χ0) is 18.2. The average molecular weight is 381 g/mol. The minimum absolute atomic E-state index is 0.0952. The number of benzene rings is 2. The van der Waals surface area contributed by atoms with Gasteiger partial charge in [0.05, 0.1) is 12.3 Å². The molecule has 0 heterocycles. The lowest BCUT2D eigenvalue weighted by atomic mass is 10.2. The van der Waals surface area contributed by atoms with E-state index in [1.165, 1.54) is 34.9 Å². The molecule has 0 atom stereocenters. The molecule has 0 aliphatic carbocycles. The van der Waals surface area contributed by atoms with Crippen LogP contribution in [0.2, 0.25) is 5.02 Å². The first kappa shape index (κ1) is 19.3. The third kappa shape index (κ3) is 6.40. The molecular weight excluding hydrogens is 363 g/mol. The molecule has 7 heteroatoms. The summed E-state index contributed by atoms with van der Waals surface area (Å²) in [6.45, 7) is -0.0952. The highest BCUT2D eigenvalue weighted by molar-refractivity contribution is 7.99. The summed E-state index contributed by atoms with van der Waals surface area (Å²) in [7, 11) is 1.56. The molecule has 4 nitrogen and oxygen atoms in total. The van der Waals surface area contributed by atoms with Crippen LogP contribution in [0.1, 0.15) is 5.56 Å². The Morgan fingerprint density at radius 1 is 1.20 bits per heavy atom. The fourth-order valence-electron chi connectivity index (χ4n) is 2.04. The molecule has 0 aliphatic heterocycles. The minimum Gasteiger partial charge on any atom is -0.336 e. The Hall–Kier alpha value is -2.05. The van der Waals surface area contributed by atoms with Crippen LogP contribution in [0.15, 0.2) is 48.5 Å². The van der Waals surface area contributed by atoms with Gasteiger partial charge < -0.3 is 10.2 Å². The second kappa shape index (κ2) is 9.44. The maximum Gasteiger partial charge on any atom is 0.243 e. The molecule has 0 unspecified atom stereocenters. The lowest BCUT2D eigenvalue weighted by molar-refractivity contribution is -0.131. The lowest BCUT2D eigenvalue weighted by Gasteiger charge is -2.16. The number of amides is 2. The first-order chi connectivity index (χ1) is 12.0. The highest BCUT2D eigenvalue weighted by Crippen LogP contribution is 2.20. The summed E-state index contributed by atoms with van der Waals surface area (Å²) in [5, 5.41) is 3.23. The van der Waals surface area contributed by atoms with Crippen LogP contribution in [-0.4, -0.2) is 36.1 Å². The molecular formula is C18H18ClFN2O2S. The maximum atomic E-state index is 13.1. The van der Waals surface area contributed by atoms with Gasteiger partial charge in [-0.25, -0.2) is 4.39 Å². The van der Waals surface area contributed by atoms with Gasteiger partial charge in [0.25, 0.3) is 0 Å². The van der Waals surface area contributed by atoms with Crippen molar-refractivity contribution in [3.63, 3.8) is 0 Å². The first-order valence-electron chi connectivity index (χ1n) is 7.56. The fraction of sp³-hybridized carbons (Fsp3) is 0.222. The smallest absolute Gasteiger partial charge is 0.243 e. The summed E-state index contributed by atoms with van der Waals surface area (Å²) >= 11 is 7.50. The van der Waals surface area contributed by atoms with Gasteiger partial charge in [-0.15, -0.1) is 11.8 Å². The number of likely N-dealkylation sites (N-methyl/N-ethyl adjacent to an activating group) is 1. The molecule has 0 spiro atoms. The normalized spacial score (nSPS) is 10.4. The van der Waals surface area contributed by atoms with Crippen molar-refractivity contribution in [3.05, 3.63) is 64.9 Å². The van der Waals surface area contributed by atoms with Gasteiger partial charge >= 0.3 is 0 Å².